The van der Waals surface area contributed by atoms with E-state index in [1.807, 2.05) is 11.7 Å². The second kappa shape index (κ2) is 6.23. The fraction of sp³-hybridized carbons (Fsp3) is 0.786. The molecule has 2 unspecified atom stereocenters. The first-order valence-corrected chi connectivity index (χ1v) is 7.13. The molecule has 0 aliphatic carbocycles. The molecule has 1 N–H and O–H groups in total. The largest absolute Gasteiger partial charge is 0.379 e. The summed E-state index contributed by atoms with van der Waals surface area (Å²) in [5.74, 6) is 0. The van der Waals surface area contributed by atoms with Crippen LogP contribution in [0.15, 0.2) is 6.20 Å². The fourth-order valence-corrected chi connectivity index (χ4v) is 2.67. The van der Waals surface area contributed by atoms with Crippen LogP contribution in [-0.2, 0) is 18.2 Å². The van der Waals surface area contributed by atoms with Crippen molar-refractivity contribution >= 4 is 5.69 Å². The van der Waals surface area contributed by atoms with E-state index >= 15 is 0 Å². The number of aryl methyl sites for hydroxylation is 2. The van der Waals surface area contributed by atoms with E-state index in [1.54, 1.807) is 0 Å². The summed E-state index contributed by atoms with van der Waals surface area (Å²) in [6, 6.07) is 0.532. The van der Waals surface area contributed by atoms with Crippen LogP contribution in [0.25, 0.3) is 0 Å². The SMILES string of the molecule is CCCC1CC(Nc2cn(C)nc2CC)CCO1. The lowest BCUT2D eigenvalue weighted by Gasteiger charge is -2.30. The van der Waals surface area contributed by atoms with Gasteiger partial charge in [-0.05, 0) is 25.7 Å². The van der Waals surface area contributed by atoms with Gasteiger partial charge in [0.05, 0.1) is 17.5 Å². The summed E-state index contributed by atoms with van der Waals surface area (Å²) in [6.45, 7) is 5.25. The second-order valence-corrected chi connectivity index (χ2v) is 5.16. The van der Waals surface area contributed by atoms with Crippen molar-refractivity contribution in [2.75, 3.05) is 11.9 Å². The third kappa shape index (κ3) is 3.25. The summed E-state index contributed by atoms with van der Waals surface area (Å²) < 4.78 is 7.68. The Hall–Kier alpha value is -1.03. The molecule has 4 nitrogen and oxygen atoms in total. The van der Waals surface area contributed by atoms with Crippen LogP contribution in [0.3, 0.4) is 0 Å². The van der Waals surface area contributed by atoms with E-state index < -0.39 is 0 Å². The molecule has 1 aliphatic heterocycles. The predicted octanol–water partition coefficient (Wildman–Crippen LogP) is 2.74. The van der Waals surface area contributed by atoms with E-state index in [4.69, 9.17) is 4.74 Å². The highest BCUT2D eigenvalue weighted by Gasteiger charge is 2.22. The van der Waals surface area contributed by atoms with Crippen molar-refractivity contribution in [3.05, 3.63) is 11.9 Å². The van der Waals surface area contributed by atoms with Gasteiger partial charge < -0.3 is 10.1 Å². The van der Waals surface area contributed by atoms with Crippen LogP contribution in [0.2, 0.25) is 0 Å². The summed E-state index contributed by atoms with van der Waals surface area (Å²) in [7, 11) is 1.98. The smallest absolute Gasteiger partial charge is 0.0853 e. The number of rotatable bonds is 5. The second-order valence-electron chi connectivity index (χ2n) is 5.16. The Balaban J connectivity index is 1.95. The number of hydrogen-bond donors (Lipinski definition) is 1. The molecule has 1 aromatic rings. The Morgan fingerprint density at radius 1 is 1.50 bits per heavy atom. The van der Waals surface area contributed by atoms with Gasteiger partial charge in [0.1, 0.15) is 0 Å². The van der Waals surface area contributed by atoms with Crippen LogP contribution in [0.1, 0.15) is 45.2 Å². The first-order valence-electron chi connectivity index (χ1n) is 7.13. The van der Waals surface area contributed by atoms with E-state index in [1.165, 1.54) is 18.5 Å². The molecule has 18 heavy (non-hydrogen) atoms. The molecule has 0 aromatic carbocycles. The zero-order valence-corrected chi connectivity index (χ0v) is 11.8. The molecule has 0 saturated carbocycles. The molecule has 102 valence electrons. The van der Waals surface area contributed by atoms with Gasteiger partial charge in [0, 0.05) is 25.9 Å². The topological polar surface area (TPSA) is 39.1 Å². The Labute approximate surface area is 110 Å². The van der Waals surface area contributed by atoms with Crippen molar-refractivity contribution in [1.29, 1.82) is 0 Å². The molecule has 0 bridgehead atoms. The third-order valence-electron chi connectivity index (χ3n) is 3.58. The highest BCUT2D eigenvalue weighted by Crippen LogP contribution is 2.23. The summed E-state index contributed by atoms with van der Waals surface area (Å²) in [5, 5.41) is 8.12. The summed E-state index contributed by atoms with van der Waals surface area (Å²) in [5.41, 5.74) is 2.36. The lowest BCUT2D eigenvalue weighted by molar-refractivity contribution is 0.00597. The molecule has 1 saturated heterocycles. The zero-order chi connectivity index (χ0) is 13.0. The van der Waals surface area contributed by atoms with Crippen LogP contribution < -0.4 is 5.32 Å². The Bertz CT molecular complexity index is 373. The van der Waals surface area contributed by atoms with Crippen molar-refractivity contribution < 1.29 is 4.74 Å². The maximum absolute atomic E-state index is 5.79. The van der Waals surface area contributed by atoms with E-state index in [0.717, 1.165) is 31.6 Å². The van der Waals surface area contributed by atoms with Gasteiger partial charge in [-0.2, -0.15) is 5.10 Å². The molecular weight excluding hydrogens is 226 g/mol. The fourth-order valence-electron chi connectivity index (χ4n) is 2.67. The van der Waals surface area contributed by atoms with Crippen molar-refractivity contribution in [3.63, 3.8) is 0 Å². The van der Waals surface area contributed by atoms with Gasteiger partial charge in [0.15, 0.2) is 0 Å². The van der Waals surface area contributed by atoms with Crippen LogP contribution in [-0.4, -0.2) is 28.5 Å². The first kappa shape index (κ1) is 13.4. The Kier molecular flexibility index (Phi) is 4.64. The van der Waals surface area contributed by atoms with Crippen LogP contribution in [0, 0.1) is 0 Å². The maximum Gasteiger partial charge on any atom is 0.0853 e. The summed E-state index contributed by atoms with van der Waals surface area (Å²) in [4.78, 5) is 0. The number of aromatic nitrogens is 2. The highest BCUT2D eigenvalue weighted by atomic mass is 16.5. The van der Waals surface area contributed by atoms with Crippen molar-refractivity contribution in [2.24, 2.45) is 7.05 Å². The molecule has 1 fully saturated rings. The normalized spacial score (nSPS) is 24.2. The van der Waals surface area contributed by atoms with Crippen LogP contribution in [0.5, 0.6) is 0 Å². The maximum atomic E-state index is 5.79. The third-order valence-corrected chi connectivity index (χ3v) is 3.58. The van der Waals surface area contributed by atoms with Gasteiger partial charge in [-0.25, -0.2) is 0 Å². The zero-order valence-electron chi connectivity index (χ0n) is 11.8. The lowest BCUT2D eigenvalue weighted by Crippen LogP contribution is -2.34. The van der Waals surface area contributed by atoms with Gasteiger partial charge in [-0.3, -0.25) is 4.68 Å². The quantitative estimate of drug-likeness (QED) is 0.874. The Morgan fingerprint density at radius 2 is 2.33 bits per heavy atom. The van der Waals surface area contributed by atoms with E-state index in [9.17, 15) is 0 Å². The standard InChI is InChI=1S/C14H25N3O/c1-4-6-12-9-11(7-8-18-12)15-14-10-17(3)16-13(14)5-2/h10-12,15H,4-9H2,1-3H3. The van der Waals surface area contributed by atoms with Gasteiger partial charge in [-0.15, -0.1) is 0 Å². The molecule has 0 amide bonds. The van der Waals surface area contributed by atoms with Crippen LogP contribution in [0.4, 0.5) is 5.69 Å². The van der Waals surface area contributed by atoms with Gasteiger partial charge >= 0.3 is 0 Å². The molecule has 2 rings (SSSR count). The average molecular weight is 251 g/mol. The van der Waals surface area contributed by atoms with Crippen LogP contribution >= 0.6 is 0 Å². The van der Waals surface area contributed by atoms with E-state index in [0.29, 0.717) is 12.1 Å². The minimum absolute atomic E-state index is 0.433. The molecule has 2 atom stereocenters. The van der Waals surface area contributed by atoms with Gasteiger partial charge in [0.2, 0.25) is 0 Å². The molecule has 1 aromatic heterocycles. The van der Waals surface area contributed by atoms with Gasteiger partial charge in [0.25, 0.3) is 0 Å². The minimum atomic E-state index is 0.433. The summed E-state index contributed by atoms with van der Waals surface area (Å²) >= 11 is 0. The molecule has 0 radical (unpaired) electrons. The predicted molar refractivity (Wildman–Crippen MR) is 73.9 cm³/mol. The number of nitrogens with one attached hydrogen (secondary N) is 1. The number of nitrogens with zero attached hydrogens (tertiary/aromatic N) is 2. The Morgan fingerprint density at radius 3 is 3.06 bits per heavy atom. The molecular formula is C14H25N3O. The van der Waals surface area contributed by atoms with E-state index in [-0.39, 0.29) is 0 Å². The minimum Gasteiger partial charge on any atom is -0.379 e. The van der Waals surface area contributed by atoms with Crippen molar-refractivity contribution in [1.82, 2.24) is 9.78 Å². The van der Waals surface area contributed by atoms with Crippen molar-refractivity contribution in [3.8, 4) is 0 Å². The number of hydrogen-bond acceptors (Lipinski definition) is 3. The average Bonchev–Trinajstić information content (AvgIpc) is 2.70. The number of anilines is 1. The molecule has 2 heterocycles. The molecule has 1 aliphatic rings. The summed E-state index contributed by atoms with van der Waals surface area (Å²) in [6.07, 6.45) is 8.08. The first-order chi connectivity index (χ1) is 8.72. The van der Waals surface area contributed by atoms with E-state index in [2.05, 4.69) is 30.5 Å². The highest BCUT2D eigenvalue weighted by molar-refractivity contribution is 5.47. The van der Waals surface area contributed by atoms with Crippen molar-refractivity contribution in [2.45, 2.75) is 58.1 Å². The molecule has 0 spiro atoms. The monoisotopic (exact) mass is 251 g/mol. The number of ether oxygens (including phenoxy) is 1. The van der Waals surface area contributed by atoms with Gasteiger partial charge in [-0.1, -0.05) is 20.3 Å². The lowest BCUT2D eigenvalue weighted by atomic mass is 10.00. The molecule has 4 heteroatoms.